The summed E-state index contributed by atoms with van der Waals surface area (Å²) >= 11 is 3.73. The first-order valence-corrected chi connectivity index (χ1v) is 18.1. The van der Waals surface area contributed by atoms with E-state index in [0.717, 1.165) is 33.2 Å². The van der Waals surface area contributed by atoms with Crippen molar-refractivity contribution < 1.29 is 0 Å². The van der Waals surface area contributed by atoms with Crippen molar-refractivity contribution in [3.63, 3.8) is 0 Å². The number of hydrogen-bond acceptors (Lipinski definition) is 4. The molecule has 0 fully saturated rings. The van der Waals surface area contributed by atoms with Gasteiger partial charge in [-0.05, 0) is 41.5 Å². The molecule has 49 heavy (non-hydrogen) atoms. The number of aromatic nitrogens is 3. The molecule has 0 aliphatic carbocycles. The third-order valence-electron chi connectivity index (χ3n) is 9.83. The Morgan fingerprint density at radius 1 is 0.429 bits per heavy atom. The molecule has 0 unspecified atom stereocenters. The Morgan fingerprint density at radius 3 is 1.90 bits per heavy atom. The number of thiophene rings is 2. The van der Waals surface area contributed by atoms with E-state index in [1.165, 1.54) is 62.2 Å². The maximum Gasteiger partial charge on any atom is 0.235 e. The second kappa shape index (κ2) is 10.3. The zero-order valence-electron chi connectivity index (χ0n) is 26.1. The molecule has 5 heteroatoms. The van der Waals surface area contributed by atoms with Crippen LogP contribution in [0.5, 0.6) is 0 Å². The minimum atomic E-state index is 0.682. The molecule has 4 heterocycles. The van der Waals surface area contributed by atoms with E-state index in [4.69, 9.17) is 9.97 Å². The van der Waals surface area contributed by atoms with E-state index in [9.17, 15) is 0 Å². The molecule has 0 saturated heterocycles. The van der Waals surface area contributed by atoms with E-state index in [1.807, 2.05) is 22.7 Å². The highest BCUT2D eigenvalue weighted by Gasteiger charge is 2.22. The molecule has 11 rings (SSSR count). The number of rotatable bonds is 3. The van der Waals surface area contributed by atoms with Crippen LogP contribution in [0.2, 0.25) is 0 Å². The van der Waals surface area contributed by atoms with Gasteiger partial charge >= 0.3 is 0 Å². The van der Waals surface area contributed by atoms with Crippen LogP contribution >= 0.6 is 22.7 Å². The zero-order chi connectivity index (χ0) is 32.1. The zero-order valence-corrected chi connectivity index (χ0v) is 27.7. The Kier molecular flexibility index (Phi) is 5.70. The molecule has 0 amide bonds. The molecule has 228 valence electrons. The molecule has 4 aromatic heterocycles. The lowest BCUT2D eigenvalue weighted by Crippen LogP contribution is -2.03. The first kappa shape index (κ1) is 27.1. The number of para-hydroxylation sites is 1. The Hall–Kier alpha value is -5.88. The first-order chi connectivity index (χ1) is 24.3. The fraction of sp³-hybridized carbons (Fsp3) is 0. The third kappa shape index (κ3) is 3.94. The number of hydrogen-bond donors (Lipinski definition) is 0. The Balaban J connectivity index is 1.26. The highest BCUT2D eigenvalue weighted by Crippen LogP contribution is 2.45. The van der Waals surface area contributed by atoms with Crippen LogP contribution in [0.25, 0.3) is 101 Å². The molecule has 0 atom stereocenters. The van der Waals surface area contributed by atoms with Crippen LogP contribution < -0.4 is 0 Å². The van der Waals surface area contributed by atoms with Crippen LogP contribution in [-0.4, -0.2) is 14.5 Å². The van der Waals surface area contributed by atoms with Crippen LogP contribution in [-0.2, 0) is 0 Å². The van der Waals surface area contributed by atoms with Crippen molar-refractivity contribution in [2.45, 2.75) is 0 Å². The summed E-state index contributed by atoms with van der Waals surface area (Å²) in [5.74, 6) is 0.682. The normalized spacial score (nSPS) is 12.1. The second-order valence-corrected chi connectivity index (χ2v) is 14.6. The summed E-state index contributed by atoms with van der Waals surface area (Å²) in [5, 5.41) is 8.62. The van der Waals surface area contributed by atoms with Gasteiger partial charge in [0.1, 0.15) is 0 Å². The maximum absolute atomic E-state index is 5.38. The summed E-state index contributed by atoms with van der Waals surface area (Å²) < 4.78 is 7.48. The molecule has 0 aliphatic heterocycles. The van der Waals surface area contributed by atoms with E-state index in [0.29, 0.717) is 5.95 Å². The van der Waals surface area contributed by atoms with Crippen LogP contribution in [0.15, 0.2) is 152 Å². The van der Waals surface area contributed by atoms with Crippen molar-refractivity contribution in [2.24, 2.45) is 0 Å². The number of benzene rings is 7. The fourth-order valence-electron chi connectivity index (χ4n) is 7.61. The van der Waals surface area contributed by atoms with Gasteiger partial charge in [-0.3, -0.25) is 4.57 Å². The molecule has 0 saturated carbocycles. The van der Waals surface area contributed by atoms with Crippen LogP contribution in [0.4, 0.5) is 0 Å². The van der Waals surface area contributed by atoms with E-state index >= 15 is 0 Å². The summed E-state index contributed by atoms with van der Waals surface area (Å²) in [6.07, 6.45) is 0. The van der Waals surface area contributed by atoms with Gasteiger partial charge in [0, 0.05) is 57.4 Å². The topological polar surface area (TPSA) is 30.7 Å². The molecule has 3 nitrogen and oxygen atoms in total. The van der Waals surface area contributed by atoms with Crippen LogP contribution in [0.3, 0.4) is 0 Å². The van der Waals surface area contributed by atoms with Crippen molar-refractivity contribution in [3.8, 4) is 28.3 Å². The van der Waals surface area contributed by atoms with Crippen LogP contribution in [0, 0.1) is 0 Å². The summed E-state index contributed by atoms with van der Waals surface area (Å²) in [5.41, 5.74) is 7.67. The average molecular weight is 660 g/mol. The number of nitrogens with zero attached hydrogens (tertiary/aromatic N) is 3. The monoisotopic (exact) mass is 659 g/mol. The Morgan fingerprint density at radius 2 is 1.08 bits per heavy atom. The highest BCUT2D eigenvalue weighted by molar-refractivity contribution is 7.27. The van der Waals surface area contributed by atoms with Crippen molar-refractivity contribution in [3.05, 3.63) is 152 Å². The van der Waals surface area contributed by atoms with E-state index in [-0.39, 0.29) is 0 Å². The molecule has 0 bridgehead atoms. The van der Waals surface area contributed by atoms with Gasteiger partial charge in [-0.2, -0.15) is 0 Å². The molecule has 7 aromatic carbocycles. The third-order valence-corrected chi connectivity index (χ3v) is 12.2. The standard InChI is InChI=1S/C44H25N3S2/c1-2-11-26(12-3-1)40-34-15-4-7-18-36(34)45-44(46-40)47-37-24-21-27(28-16-10-17-32-29-13-5-8-19-38(29)48-42(28)32)25-35(37)31-22-23-33-30-14-6-9-20-39(30)49-43(33)41(31)47/h1-25H. The minimum Gasteiger partial charge on any atom is -0.276 e. The lowest BCUT2D eigenvalue weighted by atomic mass is 10.0. The van der Waals surface area contributed by atoms with Gasteiger partial charge in [-0.15, -0.1) is 22.7 Å². The molecule has 0 N–H and O–H groups in total. The smallest absolute Gasteiger partial charge is 0.235 e. The summed E-state index contributed by atoms with van der Waals surface area (Å²) in [4.78, 5) is 10.6. The van der Waals surface area contributed by atoms with Crippen molar-refractivity contribution in [2.75, 3.05) is 0 Å². The van der Waals surface area contributed by atoms with Gasteiger partial charge in [0.05, 0.1) is 26.9 Å². The molecule has 0 aliphatic rings. The van der Waals surface area contributed by atoms with E-state index in [1.54, 1.807) is 0 Å². The predicted octanol–water partition coefficient (Wildman–Crippen LogP) is 12.8. The van der Waals surface area contributed by atoms with Gasteiger partial charge in [0.25, 0.3) is 0 Å². The van der Waals surface area contributed by atoms with E-state index < -0.39 is 0 Å². The Labute approximate surface area is 289 Å². The van der Waals surface area contributed by atoms with Crippen molar-refractivity contribution in [1.29, 1.82) is 0 Å². The quantitative estimate of drug-likeness (QED) is 0.189. The average Bonchev–Trinajstić information content (AvgIpc) is 3.84. The highest BCUT2D eigenvalue weighted by atomic mass is 32.1. The predicted molar refractivity (Wildman–Crippen MR) is 211 cm³/mol. The molecular formula is C44H25N3S2. The maximum atomic E-state index is 5.38. The lowest BCUT2D eigenvalue weighted by molar-refractivity contribution is 1.02. The van der Waals surface area contributed by atoms with Crippen molar-refractivity contribution in [1.82, 2.24) is 14.5 Å². The van der Waals surface area contributed by atoms with Gasteiger partial charge in [-0.25, -0.2) is 9.97 Å². The van der Waals surface area contributed by atoms with Gasteiger partial charge in [-0.1, -0.05) is 121 Å². The van der Waals surface area contributed by atoms with Crippen molar-refractivity contribution >= 4 is 95.7 Å². The molecular weight excluding hydrogens is 635 g/mol. The lowest BCUT2D eigenvalue weighted by Gasteiger charge is -2.12. The van der Waals surface area contributed by atoms with Gasteiger partial charge in [0.2, 0.25) is 5.95 Å². The first-order valence-electron chi connectivity index (χ1n) is 16.4. The van der Waals surface area contributed by atoms with E-state index in [2.05, 4.69) is 156 Å². The summed E-state index contributed by atoms with van der Waals surface area (Å²) in [6.45, 7) is 0. The molecule has 11 aromatic rings. The largest absolute Gasteiger partial charge is 0.276 e. The summed E-state index contributed by atoms with van der Waals surface area (Å²) in [6, 6.07) is 54.5. The fourth-order valence-corrected chi connectivity index (χ4v) is 10.1. The minimum absolute atomic E-state index is 0.682. The second-order valence-electron chi connectivity index (χ2n) is 12.5. The van der Waals surface area contributed by atoms with Gasteiger partial charge in [0.15, 0.2) is 0 Å². The Bertz CT molecular complexity index is 3110. The summed E-state index contributed by atoms with van der Waals surface area (Å²) in [7, 11) is 0. The number of fused-ring (bicyclic) bond motifs is 11. The molecule has 0 spiro atoms. The van der Waals surface area contributed by atoms with Gasteiger partial charge < -0.3 is 0 Å². The van der Waals surface area contributed by atoms with Crippen LogP contribution in [0.1, 0.15) is 0 Å². The SMILES string of the molecule is c1ccc(-c2nc(-n3c4ccc(-c5cccc6c5sc5ccccc56)cc4c4ccc5c6ccccc6sc5c43)nc3ccccc23)cc1. The molecule has 0 radical (unpaired) electrons.